The number of carbonyl (C=O) groups excluding carboxylic acids is 1. The number of halogens is 2. The van der Waals surface area contributed by atoms with Crippen molar-refractivity contribution in [2.45, 2.75) is 25.3 Å². The Balaban J connectivity index is 2.07. The minimum atomic E-state index is -1.28. The second kappa shape index (κ2) is 5.75. The zero-order valence-corrected chi connectivity index (χ0v) is 11.2. The summed E-state index contributed by atoms with van der Waals surface area (Å²) >= 11 is 0. The minimum absolute atomic E-state index is 0.0231. The van der Waals surface area contributed by atoms with E-state index in [1.54, 1.807) is 6.92 Å². The summed E-state index contributed by atoms with van der Waals surface area (Å²) in [6.07, 6.45) is 1.62. The van der Waals surface area contributed by atoms with E-state index < -0.39 is 23.1 Å². The molecule has 0 bridgehead atoms. The molecule has 0 radical (unpaired) electrons. The normalized spacial score (nSPS) is 17.4. The Bertz CT molecular complexity index is 505. The van der Waals surface area contributed by atoms with Gasteiger partial charge in [0.05, 0.1) is 6.61 Å². The highest BCUT2D eigenvalue weighted by atomic mass is 19.1. The Morgan fingerprint density at radius 3 is 2.70 bits per heavy atom. The summed E-state index contributed by atoms with van der Waals surface area (Å²) in [6.45, 7) is 1.71. The van der Waals surface area contributed by atoms with E-state index in [-0.39, 0.29) is 24.9 Å². The molecule has 4 nitrogen and oxygen atoms in total. The summed E-state index contributed by atoms with van der Waals surface area (Å²) in [4.78, 5) is 11.9. The third-order valence-corrected chi connectivity index (χ3v) is 3.32. The predicted molar refractivity (Wildman–Crippen MR) is 68.1 cm³/mol. The molecular weight excluding hydrogens is 268 g/mol. The Hall–Kier alpha value is -1.69. The van der Waals surface area contributed by atoms with Crippen LogP contribution >= 0.6 is 0 Å². The van der Waals surface area contributed by atoms with Gasteiger partial charge in [-0.05, 0) is 37.8 Å². The molecule has 2 rings (SSSR count). The van der Waals surface area contributed by atoms with E-state index in [9.17, 15) is 13.6 Å². The van der Waals surface area contributed by atoms with E-state index in [1.165, 1.54) is 6.07 Å². The van der Waals surface area contributed by atoms with Crippen molar-refractivity contribution in [3.8, 4) is 5.75 Å². The third-order valence-electron chi connectivity index (χ3n) is 3.32. The molecule has 1 saturated carbocycles. The Labute approximate surface area is 115 Å². The molecule has 0 saturated heterocycles. The number of carbonyl (C=O) groups is 1. The first kappa shape index (κ1) is 14.7. The summed E-state index contributed by atoms with van der Waals surface area (Å²) in [5.74, 6) is -2.23. The van der Waals surface area contributed by atoms with Gasteiger partial charge in [-0.1, -0.05) is 0 Å². The Morgan fingerprint density at radius 2 is 2.15 bits per heavy atom. The maximum absolute atomic E-state index is 13.5. The molecule has 1 aromatic carbocycles. The molecule has 1 fully saturated rings. The lowest BCUT2D eigenvalue weighted by molar-refractivity contribution is -0.152. The van der Waals surface area contributed by atoms with Gasteiger partial charge in [-0.3, -0.25) is 0 Å². The standard InChI is InChI=1S/C14H17F2NO3/c1-2-19-13(18)14(17,9-3-4-9)8-20-12-6-5-10(15)7-11(12)16/h5-7,9H,2-4,8,17H2,1H3. The second-order valence-electron chi connectivity index (χ2n) is 4.90. The first-order valence-electron chi connectivity index (χ1n) is 6.51. The van der Waals surface area contributed by atoms with Crippen LogP contribution in [0.25, 0.3) is 0 Å². The van der Waals surface area contributed by atoms with E-state index in [2.05, 4.69) is 0 Å². The van der Waals surface area contributed by atoms with Crippen molar-refractivity contribution in [3.05, 3.63) is 29.8 Å². The van der Waals surface area contributed by atoms with Gasteiger partial charge >= 0.3 is 5.97 Å². The van der Waals surface area contributed by atoms with Crippen LogP contribution in [0.4, 0.5) is 8.78 Å². The molecule has 1 aromatic rings. The smallest absolute Gasteiger partial charge is 0.329 e. The molecule has 1 aliphatic rings. The predicted octanol–water partition coefficient (Wildman–Crippen LogP) is 2.01. The molecular formula is C14H17F2NO3. The fourth-order valence-electron chi connectivity index (χ4n) is 2.00. The van der Waals surface area contributed by atoms with E-state index >= 15 is 0 Å². The van der Waals surface area contributed by atoms with Gasteiger partial charge in [-0.15, -0.1) is 0 Å². The molecule has 0 amide bonds. The Kier molecular flexibility index (Phi) is 4.23. The highest BCUT2D eigenvalue weighted by Crippen LogP contribution is 2.39. The van der Waals surface area contributed by atoms with Crippen LogP contribution in [0.5, 0.6) is 5.75 Å². The van der Waals surface area contributed by atoms with Crippen LogP contribution in [0.1, 0.15) is 19.8 Å². The zero-order chi connectivity index (χ0) is 14.8. The van der Waals surface area contributed by atoms with Gasteiger partial charge in [0, 0.05) is 6.07 Å². The summed E-state index contributed by atoms with van der Waals surface area (Å²) < 4.78 is 36.5. The lowest BCUT2D eigenvalue weighted by Crippen LogP contribution is -2.55. The summed E-state index contributed by atoms with van der Waals surface area (Å²) in [5.41, 5.74) is 4.78. The lowest BCUT2D eigenvalue weighted by atomic mass is 9.96. The molecule has 1 aliphatic carbocycles. The van der Waals surface area contributed by atoms with Gasteiger partial charge in [-0.25, -0.2) is 13.6 Å². The van der Waals surface area contributed by atoms with Gasteiger partial charge in [0.1, 0.15) is 12.4 Å². The van der Waals surface area contributed by atoms with Crippen molar-refractivity contribution in [1.82, 2.24) is 0 Å². The average Bonchev–Trinajstić information content (AvgIpc) is 3.22. The molecule has 0 aliphatic heterocycles. The van der Waals surface area contributed by atoms with Crippen LogP contribution in [-0.4, -0.2) is 24.7 Å². The molecule has 0 aromatic heterocycles. The monoisotopic (exact) mass is 285 g/mol. The minimum Gasteiger partial charge on any atom is -0.488 e. The van der Waals surface area contributed by atoms with Crippen LogP contribution in [-0.2, 0) is 9.53 Å². The summed E-state index contributed by atoms with van der Waals surface area (Å²) in [6, 6.07) is 2.97. The van der Waals surface area contributed by atoms with Gasteiger partial charge in [0.15, 0.2) is 17.1 Å². The average molecular weight is 285 g/mol. The first-order valence-corrected chi connectivity index (χ1v) is 6.51. The number of hydrogen-bond acceptors (Lipinski definition) is 4. The summed E-state index contributed by atoms with van der Waals surface area (Å²) in [5, 5.41) is 0. The maximum atomic E-state index is 13.5. The lowest BCUT2D eigenvalue weighted by Gasteiger charge is -2.27. The molecule has 110 valence electrons. The third kappa shape index (κ3) is 3.07. The number of benzene rings is 1. The van der Waals surface area contributed by atoms with Crippen LogP contribution < -0.4 is 10.5 Å². The van der Waals surface area contributed by atoms with Crippen molar-refractivity contribution in [3.63, 3.8) is 0 Å². The van der Waals surface area contributed by atoms with Crippen molar-refractivity contribution < 1.29 is 23.0 Å². The van der Waals surface area contributed by atoms with Crippen molar-refractivity contribution in [2.75, 3.05) is 13.2 Å². The molecule has 1 atom stereocenters. The van der Waals surface area contributed by atoms with Gasteiger partial charge in [0.2, 0.25) is 0 Å². The van der Waals surface area contributed by atoms with Crippen LogP contribution in [0.15, 0.2) is 18.2 Å². The summed E-state index contributed by atoms with van der Waals surface area (Å²) in [7, 11) is 0. The van der Waals surface area contributed by atoms with Gasteiger partial charge in [0.25, 0.3) is 0 Å². The number of esters is 1. The van der Waals surface area contributed by atoms with Crippen LogP contribution in [0.2, 0.25) is 0 Å². The number of rotatable bonds is 6. The molecule has 2 N–H and O–H groups in total. The quantitative estimate of drug-likeness (QED) is 0.812. The first-order chi connectivity index (χ1) is 9.47. The fourth-order valence-corrected chi connectivity index (χ4v) is 2.00. The Morgan fingerprint density at radius 1 is 1.45 bits per heavy atom. The van der Waals surface area contributed by atoms with Crippen LogP contribution in [0, 0.1) is 17.6 Å². The number of nitrogens with two attached hydrogens (primary N) is 1. The largest absolute Gasteiger partial charge is 0.488 e. The number of ether oxygens (including phenoxy) is 2. The highest BCUT2D eigenvalue weighted by Gasteiger charge is 2.50. The van der Waals surface area contributed by atoms with Crippen molar-refractivity contribution >= 4 is 5.97 Å². The number of hydrogen-bond donors (Lipinski definition) is 1. The van der Waals surface area contributed by atoms with E-state index in [0.29, 0.717) is 0 Å². The highest BCUT2D eigenvalue weighted by molar-refractivity contribution is 5.81. The second-order valence-corrected chi connectivity index (χ2v) is 4.90. The van der Waals surface area contributed by atoms with Gasteiger partial charge in [-0.2, -0.15) is 0 Å². The molecule has 6 heteroatoms. The fraction of sp³-hybridized carbons (Fsp3) is 0.500. The SMILES string of the molecule is CCOC(=O)C(N)(COc1ccc(F)cc1F)C1CC1. The molecule has 20 heavy (non-hydrogen) atoms. The van der Waals surface area contributed by atoms with E-state index in [0.717, 1.165) is 25.0 Å². The molecule has 0 spiro atoms. The molecule has 0 heterocycles. The topological polar surface area (TPSA) is 61.5 Å². The van der Waals surface area contributed by atoms with Gasteiger partial charge < -0.3 is 15.2 Å². The van der Waals surface area contributed by atoms with Crippen molar-refractivity contribution in [2.24, 2.45) is 11.7 Å². The van der Waals surface area contributed by atoms with E-state index in [1.807, 2.05) is 0 Å². The maximum Gasteiger partial charge on any atom is 0.329 e. The zero-order valence-electron chi connectivity index (χ0n) is 11.2. The van der Waals surface area contributed by atoms with E-state index in [4.69, 9.17) is 15.2 Å². The van der Waals surface area contributed by atoms with Crippen LogP contribution in [0.3, 0.4) is 0 Å². The molecule has 1 unspecified atom stereocenters. The van der Waals surface area contributed by atoms with Crippen molar-refractivity contribution in [1.29, 1.82) is 0 Å².